The zero-order valence-corrected chi connectivity index (χ0v) is 8.47. The standard InChI is InChI=1S/C8H13ClN2O2/c1-5(9)8(13)10-6-3-7(12)11(2)4-6/h5-6H,3-4H2,1-2H3,(H,10,13). The molecule has 4 nitrogen and oxygen atoms in total. The van der Waals surface area contributed by atoms with Crippen LogP contribution >= 0.6 is 11.6 Å². The van der Waals surface area contributed by atoms with Gasteiger partial charge in [0.15, 0.2) is 0 Å². The third-order valence-electron chi connectivity index (χ3n) is 2.05. The fraction of sp³-hybridized carbons (Fsp3) is 0.750. The maximum Gasteiger partial charge on any atom is 0.238 e. The second kappa shape index (κ2) is 3.96. The fourth-order valence-corrected chi connectivity index (χ4v) is 1.34. The van der Waals surface area contributed by atoms with Gasteiger partial charge in [-0.05, 0) is 6.92 Å². The molecule has 0 aromatic rings. The summed E-state index contributed by atoms with van der Waals surface area (Å²) in [5, 5.41) is 2.17. The van der Waals surface area contributed by atoms with E-state index in [1.807, 2.05) is 0 Å². The van der Waals surface area contributed by atoms with Gasteiger partial charge in [-0.3, -0.25) is 9.59 Å². The molecule has 0 aliphatic carbocycles. The largest absolute Gasteiger partial charge is 0.350 e. The maximum atomic E-state index is 11.1. The van der Waals surface area contributed by atoms with Gasteiger partial charge in [-0.15, -0.1) is 11.6 Å². The van der Waals surface area contributed by atoms with Crippen LogP contribution in [0.4, 0.5) is 0 Å². The monoisotopic (exact) mass is 204 g/mol. The highest BCUT2D eigenvalue weighted by Crippen LogP contribution is 2.08. The highest BCUT2D eigenvalue weighted by Gasteiger charge is 2.28. The molecule has 2 unspecified atom stereocenters. The van der Waals surface area contributed by atoms with E-state index in [0.717, 1.165) is 0 Å². The molecule has 1 rings (SSSR count). The Morgan fingerprint density at radius 1 is 1.77 bits per heavy atom. The van der Waals surface area contributed by atoms with Crippen LogP contribution in [0, 0.1) is 0 Å². The van der Waals surface area contributed by atoms with Gasteiger partial charge in [0.05, 0.1) is 6.04 Å². The molecule has 0 aromatic carbocycles. The molecule has 13 heavy (non-hydrogen) atoms. The van der Waals surface area contributed by atoms with E-state index < -0.39 is 5.38 Å². The average Bonchev–Trinajstić information content (AvgIpc) is 2.31. The van der Waals surface area contributed by atoms with Crippen molar-refractivity contribution in [3.8, 4) is 0 Å². The van der Waals surface area contributed by atoms with Crippen LogP contribution in [0.25, 0.3) is 0 Å². The molecular formula is C8H13ClN2O2. The van der Waals surface area contributed by atoms with Crippen LogP contribution in [0.15, 0.2) is 0 Å². The number of likely N-dealkylation sites (tertiary alicyclic amines) is 1. The van der Waals surface area contributed by atoms with Crippen molar-refractivity contribution in [2.75, 3.05) is 13.6 Å². The summed E-state index contributed by atoms with van der Waals surface area (Å²) in [6.07, 6.45) is 0.381. The minimum atomic E-state index is -0.541. The minimum Gasteiger partial charge on any atom is -0.350 e. The number of likely N-dealkylation sites (N-methyl/N-ethyl adjacent to an activating group) is 1. The van der Waals surface area contributed by atoms with Crippen LogP contribution in [-0.2, 0) is 9.59 Å². The summed E-state index contributed by atoms with van der Waals surface area (Å²) in [7, 11) is 1.72. The van der Waals surface area contributed by atoms with Crippen LogP contribution in [0.2, 0.25) is 0 Å². The summed E-state index contributed by atoms with van der Waals surface area (Å²) in [5.41, 5.74) is 0. The van der Waals surface area contributed by atoms with Gasteiger partial charge in [0.2, 0.25) is 11.8 Å². The number of rotatable bonds is 2. The highest BCUT2D eigenvalue weighted by atomic mass is 35.5. The zero-order valence-electron chi connectivity index (χ0n) is 7.71. The lowest BCUT2D eigenvalue weighted by Gasteiger charge is -2.12. The first-order valence-corrected chi connectivity index (χ1v) is 4.62. The Morgan fingerprint density at radius 2 is 2.38 bits per heavy atom. The molecule has 0 radical (unpaired) electrons. The Labute approximate surface area is 82.2 Å². The van der Waals surface area contributed by atoms with E-state index in [-0.39, 0.29) is 17.9 Å². The summed E-state index contributed by atoms with van der Waals surface area (Å²) < 4.78 is 0. The second-order valence-electron chi connectivity index (χ2n) is 3.30. The van der Waals surface area contributed by atoms with Crippen LogP contribution in [0.5, 0.6) is 0 Å². The van der Waals surface area contributed by atoms with Crippen molar-refractivity contribution >= 4 is 23.4 Å². The zero-order chi connectivity index (χ0) is 10.0. The SMILES string of the molecule is CC(Cl)C(=O)NC1CC(=O)N(C)C1. The summed E-state index contributed by atoms with van der Waals surface area (Å²) in [6.45, 7) is 2.19. The molecule has 0 saturated carbocycles. The van der Waals surface area contributed by atoms with E-state index >= 15 is 0 Å². The minimum absolute atomic E-state index is 0.0625. The van der Waals surface area contributed by atoms with Gasteiger partial charge < -0.3 is 10.2 Å². The smallest absolute Gasteiger partial charge is 0.238 e. The number of hydrogen-bond donors (Lipinski definition) is 1. The average molecular weight is 205 g/mol. The van der Waals surface area contributed by atoms with E-state index in [2.05, 4.69) is 5.32 Å². The van der Waals surface area contributed by atoms with Crippen LogP contribution in [-0.4, -0.2) is 41.7 Å². The van der Waals surface area contributed by atoms with E-state index in [1.54, 1.807) is 18.9 Å². The first-order chi connectivity index (χ1) is 6.00. The van der Waals surface area contributed by atoms with Gasteiger partial charge in [-0.2, -0.15) is 0 Å². The first kappa shape index (κ1) is 10.3. The summed E-state index contributed by atoms with van der Waals surface area (Å²) >= 11 is 5.57. The number of amides is 2. The van der Waals surface area contributed by atoms with Crippen molar-refractivity contribution in [1.82, 2.24) is 10.2 Å². The number of nitrogens with zero attached hydrogens (tertiary/aromatic N) is 1. The van der Waals surface area contributed by atoms with Crippen molar-refractivity contribution in [1.29, 1.82) is 0 Å². The molecule has 1 saturated heterocycles. The Morgan fingerprint density at radius 3 is 2.77 bits per heavy atom. The molecule has 2 amide bonds. The highest BCUT2D eigenvalue weighted by molar-refractivity contribution is 6.30. The Bertz CT molecular complexity index is 230. The molecule has 1 fully saturated rings. The van der Waals surface area contributed by atoms with Gasteiger partial charge in [0, 0.05) is 20.0 Å². The van der Waals surface area contributed by atoms with Crippen LogP contribution in [0.3, 0.4) is 0 Å². The van der Waals surface area contributed by atoms with Gasteiger partial charge >= 0.3 is 0 Å². The molecule has 0 spiro atoms. The lowest BCUT2D eigenvalue weighted by molar-refractivity contribution is -0.126. The van der Waals surface area contributed by atoms with Gasteiger partial charge in [0.1, 0.15) is 5.38 Å². The van der Waals surface area contributed by atoms with Crippen molar-refractivity contribution in [3.63, 3.8) is 0 Å². The van der Waals surface area contributed by atoms with Crippen molar-refractivity contribution in [2.24, 2.45) is 0 Å². The molecule has 0 bridgehead atoms. The topological polar surface area (TPSA) is 49.4 Å². The number of carbonyl (C=O) groups is 2. The van der Waals surface area contributed by atoms with E-state index in [0.29, 0.717) is 13.0 Å². The lowest BCUT2D eigenvalue weighted by Crippen LogP contribution is -2.39. The number of halogens is 1. The van der Waals surface area contributed by atoms with E-state index in [4.69, 9.17) is 11.6 Å². The number of alkyl halides is 1. The Hall–Kier alpha value is -0.770. The van der Waals surface area contributed by atoms with Gasteiger partial charge in [0.25, 0.3) is 0 Å². The quantitative estimate of drug-likeness (QED) is 0.642. The summed E-state index contributed by atoms with van der Waals surface area (Å²) in [4.78, 5) is 23.8. The predicted octanol–water partition coefficient (Wildman–Crippen LogP) is -0.0394. The third-order valence-corrected chi connectivity index (χ3v) is 2.25. The molecule has 1 aliphatic rings. The Balaban J connectivity index is 2.40. The lowest BCUT2D eigenvalue weighted by atomic mass is 10.2. The fourth-order valence-electron chi connectivity index (χ4n) is 1.28. The molecule has 1 heterocycles. The van der Waals surface area contributed by atoms with Crippen molar-refractivity contribution < 1.29 is 9.59 Å². The molecule has 5 heteroatoms. The molecule has 0 aromatic heterocycles. The Kier molecular flexibility index (Phi) is 3.14. The summed E-state index contributed by atoms with van der Waals surface area (Å²) in [6, 6.07) is -0.0776. The van der Waals surface area contributed by atoms with Crippen LogP contribution < -0.4 is 5.32 Å². The van der Waals surface area contributed by atoms with Crippen LogP contribution in [0.1, 0.15) is 13.3 Å². The normalized spacial score (nSPS) is 24.7. The van der Waals surface area contributed by atoms with Crippen molar-refractivity contribution in [2.45, 2.75) is 24.8 Å². The molecule has 1 N–H and O–H groups in total. The number of hydrogen-bond acceptors (Lipinski definition) is 2. The molecule has 1 aliphatic heterocycles. The number of nitrogens with one attached hydrogen (secondary N) is 1. The molecule has 2 atom stereocenters. The van der Waals surface area contributed by atoms with E-state index in [9.17, 15) is 9.59 Å². The maximum absolute atomic E-state index is 11.1. The molecular weight excluding hydrogens is 192 g/mol. The first-order valence-electron chi connectivity index (χ1n) is 4.19. The molecule has 74 valence electrons. The predicted molar refractivity (Wildman–Crippen MR) is 49.5 cm³/mol. The van der Waals surface area contributed by atoms with E-state index in [1.165, 1.54) is 0 Å². The number of carbonyl (C=O) groups excluding carboxylic acids is 2. The third kappa shape index (κ3) is 2.59. The van der Waals surface area contributed by atoms with Gasteiger partial charge in [-0.1, -0.05) is 0 Å². The van der Waals surface area contributed by atoms with Gasteiger partial charge in [-0.25, -0.2) is 0 Å². The summed E-state index contributed by atoms with van der Waals surface area (Å²) in [5.74, 6) is -0.151. The van der Waals surface area contributed by atoms with Crippen molar-refractivity contribution in [3.05, 3.63) is 0 Å². The second-order valence-corrected chi connectivity index (χ2v) is 3.95.